The van der Waals surface area contributed by atoms with Crippen LogP contribution in [0.4, 0.5) is 11.4 Å². The van der Waals surface area contributed by atoms with Crippen molar-refractivity contribution in [1.82, 2.24) is 0 Å². The second kappa shape index (κ2) is 8.45. The predicted molar refractivity (Wildman–Crippen MR) is 135 cm³/mol. The maximum Gasteiger partial charge on any atom is 0.264 e. The Hall–Kier alpha value is -3.36. The normalized spacial score (nSPS) is 14.1. The number of benzene rings is 4. The van der Waals surface area contributed by atoms with Gasteiger partial charge in [-0.05, 0) is 78.6 Å². The molecule has 6 nitrogen and oxygen atoms in total. The standard InChI is InChI=1S/C26H24N2O4S2/c1-19-8-12-24(13-9-19)34(31,32)28-16-4-7-22-17-23(11-15-26(22)28)27-33(29,30)25-14-10-20-5-2-3-6-21(20)18-25/h2-3,5-6,8-15,17-18,27H,4,7,16H2,1H3. The van der Waals surface area contributed by atoms with E-state index in [-0.39, 0.29) is 9.79 Å². The molecule has 0 radical (unpaired) electrons. The summed E-state index contributed by atoms with van der Waals surface area (Å²) in [6.07, 6.45) is 1.32. The molecule has 0 saturated carbocycles. The summed E-state index contributed by atoms with van der Waals surface area (Å²) in [5, 5.41) is 1.80. The summed E-state index contributed by atoms with van der Waals surface area (Å²) < 4.78 is 56.7. The van der Waals surface area contributed by atoms with E-state index in [1.165, 1.54) is 4.31 Å². The molecule has 0 aromatic heterocycles. The van der Waals surface area contributed by atoms with Crippen molar-refractivity contribution in [3.05, 3.63) is 96.1 Å². The molecular weight excluding hydrogens is 468 g/mol. The molecule has 1 heterocycles. The number of nitrogens with one attached hydrogen (secondary N) is 1. The van der Waals surface area contributed by atoms with E-state index in [0.29, 0.717) is 30.8 Å². The van der Waals surface area contributed by atoms with E-state index >= 15 is 0 Å². The quantitative estimate of drug-likeness (QED) is 0.421. The van der Waals surface area contributed by atoms with Gasteiger partial charge in [0.1, 0.15) is 0 Å². The third-order valence-corrected chi connectivity index (χ3v) is 9.25. The van der Waals surface area contributed by atoms with Crippen LogP contribution in [0.5, 0.6) is 0 Å². The second-order valence-electron chi connectivity index (χ2n) is 8.45. The highest BCUT2D eigenvalue weighted by Crippen LogP contribution is 2.34. The number of fused-ring (bicyclic) bond motifs is 2. The monoisotopic (exact) mass is 492 g/mol. The summed E-state index contributed by atoms with van der Waals surface area (Å²) in [4.78, 5) is 0.416. The lowest BCUT2D eigenvalue weighted by atomic mass is 10.0. The Morgan fingerprint density at radius 1 is 0.765 bits per heavy atom. The summed E-state index contributed by atoms with van der Waals surface area (Å²) in [5.74, 6) is 0. The average Bonchev–Trinajstić information content (AvgIpc) is 2.83. The SMILES string of the molecule is Cc1ccc(S(=O)(=O)N2CCCc3cc(NS(=O)(=O)c4ccc5ccccc5c4)ccc32)cc1. The minimum atomic E-state index is -3.80. The summed E-state index contributed by atoms with van der Waals surface area (Å²) in [5.41, 5.74) is 2.77. The first-order valence-electron chi connectivity index (χ1n) is 11.0. The van der Waals surface area contributed by atoms with Crippen LogP contribution in [0.3, 0.4) is 0 Å². The molecule has 1 aliphatic rings. The number of nitrogens with zero attached hydrogens (tertiary/aromatic N) is 1. The van der Waals surface area contributed by atoms with Crippen molar-refractivity contribution in [2.75, 3.05) is 15.6 Å². The van der Waals surface area contributed by atoms with Crippen LogP contribution in [0, 0.1) is 6.92 Å². The van der Waals surface area contributed by atoms with Crippen molar-refractivity contribution in [2.45, 2.75) is 29.6 Å². The fourth-order valence-electron chi connectivity index (χ4n) is 4.26. The largest absolute Gasteiger partial charge is 0.280 e. The molecule has 0 saturated heterocycles. The van der Waals surface area contributed by atoms with Gasteiger partial charge in [-0.1, -0.05) is 48.0 Å². The summed E-state index contributed by atoms with van der Waals surface area (Å²) in [7, 11) is -7.51. The lowest BCUT2D eigenvalue weighted by molar-refractivity contribution is 0.586. The summed E-state index contributed by atoms with van der Waals surface area (Å²) in [6.45, 7) is 2.29. The Kier molecular flexibility index (Phi) is 5.58. The minimum Gasteiger partial charge on any atom is -0.280 e. The van der Waals surface area contributed by atoms with Gasteiger partial charge in [0.15, 0.2) is 0 Å². The summed E-state index contributed by atoms with van der Waals surface area (Å²) in [6, 6.07) is 24.4. The molecule has 8 heteroatoms. The zero-order valence-corrected chi connectivity index (χ0v) is 20.2. The first kappa shape index (κ1) is 22.4. The Balaban J connectivity index is 1.45. The molecule has 4 aromatic carbocycles. The van der Waals surface area contributed by atoms with Crippen molar-refractivity contribution >= 4 is 42.2 Å². The fraction of sp³-hybridized carbons (Fsp3) is 0.154. The molecule has 0 amide bonds. The van der Waals surface area contributed by atoms with Crippen LogP contribution in [-0.2, 0) is 26.5 Å². The maximum atomic E-state index is 13.3. The van der Waals surface area contributed by atoms with Crippen molar-refractivity contribution in [1.29, 1.82) is 0 Å². The average molecular weight is 493 g/mol. The molecule has 0 fully saturated rings. The first-order chi connectivity index (χ1) is 16.2. The van der Waals surface area contributed by atoms with Gasteiger partial charge >= 0.3 is 0 Å². The number of hydrogen-bond acceptors (Lipinski definition) is 4. The fourth-order valence-corrected chi connectivity index (χ4v) is 6.89. The van der Waals surface area contributed by atoms with E-state index in [0.717, 1.165) is 21.9 Å². The number of rotatable bonds is 5. The molecule has 0 spiro atoms. The van der Waals surface area contributed by atoms with Crippen molar-refractivity contribution in [3.63, 3.8) is 0 Å². The third kappa shape index (κ3) is 4.15. The molecule has 0 bridgehead atoms. The molecule has 0 atom stereocenters. The van der Waals surface area contributed by atoms with Crippen LogP contribution in [-0.4, -0.2) is 23.4 Å². The Morgan fingerprint density at radius 3 is 2.24 bits per heavy atom. The van der Waals surface area contributed by atoms with E-state index in [2.05, 4.69) is 4.72 Å². The molecule has 4 aromatic rings. The molecule has 1 N–H and O–H groups in total. The molecule has 0 unspecified atom stereocenters. The van der Waals surface area contributed by atoms with Gasteiger partial charge in [0.25, 0.3) is 20.0 Å². The second-order valence-corrected chi connectivity index (χ2v) is 12.0. The number of hydrogen-bond donors (Lipinski definition) is 1. The van der Waals surface area contributed by atoms with Gasteiger partial charge in [0.2, 0.25) is 0 Å². The maximum absolute atomic E-state index is 13.3. The van der Waals surface area contributed by atoms with Crippen LogP contribution >= 0.6 is 0 Å². The lowest BCUT2D eigenvalue weighted by Crippen LogP contribution is -2.35. The van der Waals surface area contributed by atoms with E-state index < -0.39 is 20.0 Å². The van der Waals surface area contributed by atoms with Crippen molar-refractivity contribution in [3.8, 4) is 0 Å². The van der Waals surface area contributed by atoms with Crippen LogP contribution < -0.4 is 9.03 Å². The van der Waals surface area contributed by atoms with E-state index in [9.17, 15) is 16.8 Å². The number of aryl methyl sites for hydroxylation is 2. The highest BCUT2D eigenvalue weighted by molar-refractivity contribution is 7.93. The smallest absolute Gasteiger partial charge is 0.264 e. The van der Waals surface area contributed by atoms with Crippen molar-refractivity contribution < 1.29 is 16.8 Å². The van der Waals surface area contributed by atoms with E-state index in [1.807, 2.05) is 31.2 Å². The number of anilines is 2. The predicted octanol–water partition coefficient (Wildman–Crippen LogP) is 5.09. The molecular formula is C26H24N2O4S2. The highest BCUT2D eigenvalue weighted by Gasteiger charge is 2.29. The lowest BCUT2D eigenvalue weighted by Gasteiger charge is -2.31. The van der Waals surface area contributed by atoms with Crippen LogP contribution in [0.1, 0.15) is 17.5 Å². The zero-order valence-electron chi connectivity index (χ0n) is 18.6. The van der Waals surface area contributed by atoms with Gasteiger partial charge in [-0.2, -0.15) is 0 Å². The van der Waals surface area contributed by atoms with Gasteiger partial charge < -0.3 is 0 Å². The molecule has 34 heavy (non-hydrogen) atoms. The third-order valence-electron chi connectivity index (χ3n) is 6.05. The van der Waals surface area contributed by atoms with Crippen LogP contribution in [0.2, 0.25) is 0 Å². The molecule has 0 aliphatic carbocycles. The first-order valence-corrected chi connectivity index (χ1v) is 13.9. The Labute approximate surface area is 200 Å². The van der Waals surface area contributed by atoms with Gasteiger partial charge in [-0.15, -0.1) is 0 Å². The van der Waals surface area contributed by atoms with Gasteiger partial charge in [-0.25, -0.2) is 16.8 Å². The van der Waals surface area contributed by atoms with Crippen LogP contribution in [0.15, 0.2) is 94.7 Å². The Bertz CT molecular complexity index is 1600. The molecule has 1 aliphatic heterocycles. The van der Waals surface area contributed by atoms with E-state index in [4.69, 9.17) is 0 Å². The Morgan fingerprint density at radius 2 is 1.47 bits per heavy atom. The topological polar surface area (TPSA) is 83.6 Å². The van der Waals surface area contributed by atoms with Gasteiger partial charge in [0, 0.05) is 12.2 Å². The minimum absolute atomic E-state index is 0.174. The zero-order chi connectivity index (χ0) is 23.9. The highest BCUT2D eigenvalue weighted by atomic mass is 32.2. The van der Waals surface area contributed by atoms with Gasteiger partial charge in [0.05, 0.1) is 15.5 Å². The number of sulfonamides is 2. The molecule has 5 rings (SSSR count). The van der Waals surface area contributed by atoms with Crippen molar-refractivity contribution in [2.24, 2.45) is 0 Å². The molecule has 174 valence electrons. The van der Waals surface area contributed by atoms with Crippen LogP contribution in [0.25, 0.3) is 10.8 Å². The van der Waals surface area contributed by atoms with Gasteiger partial charge in [-0.3, -0.25) is 9.03 Å². The summed E-state index contributed by atoms with van der Waals surface area (Å²) >= 11 is 0. The van der Waals surface area contributed by atoms with E-state index in [1.54, 1.807) is 60.7 Å².